The fourth-order valence-electron chi connectivity index (χ4n) is 6.51. The van der Waals surface area contributed by atoms with E-state index in [0.29, 0.717) is 19.3 Å². The number of unbranched alkanes of at least 4 members (excludes halogenated alkanes) is 20. The molecule has 0 aliphatic carbocycles. The van der Waals surface area contributed by atoms with Crippen molar-refractivity contribution in [1.29, 1.82) is 0 Å². The second-order valence-electron chi connectivity index (χ2n) is 14.6. The Kier molecular flexibility index (Phi) is 29.5. The van der Waals surface area contributed by atoms with Crippen LogP contribution in [-0.2, 0) is 14.3 Å². The number of amides is 1. The van der Waals surface area contributed by atoms with E-state index in [2.05, 4.69) is 31.3 Å². The number of rotatable bonds is 33. The second kappa shape index (κ2) is 31.4. The summed E-state index contributed by atoms with van der Waals surface area (Å²) in [5.41, 5.74) is 0. The molecule has 0 radical (unpaired) electrons. The van der Waals surface area contributed by atoms with Crippen LogP contribution in [0.3, 0.4) is 0 Å². The van der Waals surface area contributed by atoms with E-state index >= 15 is 0 Å². The van der Waals surface area contributed by atoms with E-state index in [1.165, 1.54) is 83.5 Å². The Morgan fingerprint density at radius 1 is 0.660 bits per heavy atom. The van der Waals surface area contributed by atoms with E-state index in [0.717, 1.165) is 57.8 Å². The maximum atomic E-state index is 13.0. The topological polar surface area (TPSA) is 169 Å². The molecule has 8 atom stereocenters. The summed E-state index contributed by atoms with van der Waals surface area (Å²) >= 11 is 0. The van der Waals surface area contributed by atoms with E-state index in [-0.39, 0.29) is 6.61 Å². The second-order valence-corrected chi connectivity index (χ2v) is 14.6. The van der Waals surface area contributed by atoms with Gasteiger partial charge in [-0.1, -0.05) is 148 Å². The van der Waals surface area contributed by atoms with Gasteiger partial charge in [-0.15, -0.1) is 0 Å². The van der Waals surface area contributed by atoms with E-state index in [1.54, 1.807) is 0 Å². The molecule has 1 rings (SSSR count). The van der Waals surface area contributed by atoms with Crippen molar-refractivity contribution < 1.29 is 44.9 Å². The molecule has 1 amide bonds. The number of aliphatic hydroxyl groups excluding tert-OH is 6. The molecule has 0 spiro atoms. The highest BCUT2D eigenvalue weighted by atomic mass is 16.7. The van der Waals surface area contributed by atoms with Gasteiger partial charge in [-0.05, 0) is 38.5 Å². The molecule has 50 heavy (non-hydrogen) atoms. The summed E-state index contributed by atoms with van der Waals surface area (Å²) in [5.74, 6) is -0.595. The highest BCUT2D eigenvalue weighted by Gasteiger charge is 2.44. The van der Waals surface area contributed by atoms with Crippen LogP contribution in [0.2, 0.25) is 0 Å². The average Bonchev–Trinajstić information content (AvgIpc) is 3.11. The Morgan fingerprint density at radius 3 is 1.66 bits per heavy atom. The first-order valence-electron chi connectivity index (χ1n) is 20.5. The third-order valence-corrected chi connectivity index (χ3v) is 9.98. The number of carbonyl (C=O) groups excluding carboxylic acids is 1. The van der Waals surface area contributed by atoms with Crippen molar-refractivity contribution in [3.05, 3.63) is 12.2 Å². The van der Waals surface area contributed by atoms with E-state index in [1.807, 2.05) is 0 Å². The first kappa shape index (κ1) is 46.9. The van der Waals surface area contributed by atoms with E-state index in [9.17, 15) is 35.4 Å². The van der Waals surface area contributed by atoms with Crippen molar-refractivity contribution >= 4 is 5.91 Å². The molecule has 10 heteroatoms. The molecular formula is C40H77NO9. The van der Waals surface area contributed by atoms with Crippen LogP contribution in [0.5, 0.6) is 0 Å². The van der Waals surface area contributed by atoms with Crippen LogP contribution >= 0.6 is 0 Å². The Hall–Kier alpha value is -1.11. The van der Waals surface area contributed by atoms with Gasteiger partial charge < -0.3 is 45.4 Å². The summed E-state index contributed by atoms with van der Waals surface area (Å²) < 4.78 is 11.1. The molecule has 0 aromatic heterocycles. The summed E-state index contributed by atoms with van der Waals surface area (Å²) in [6.07, 6.45) is 22.6. The molecule has 0 saturated carbocycles. The maximum Gasteiger partial charge on any atom is 0.249 e. The lowest BCUT2D eigenvalue weighted by molar-refractivity contribution is -0.302. The van der Waals surface area contributed by atoms with Gasteiger partial charge in [0.25, 0.3) is 0 Å². The van der Waals surface area contributed by atoms with Crippen LogP contribution in [0.4, 0.5) is 0 Å². The number of ether oxygens (including phenoxy) is 2. The van der Waals surface area contributed by atoms with Crippen LogP contribution in [0, 0.1) is 0 Å². The Bertz CT molecular complexity index is 814. The zero-order chi connectivity index (χ0) is 36.8. The molecule has 10 nitrogen and oxygen atoms in total. The van der Waals surface area contributed by atoms with Gasteiger partial charge in [0, 0.05) is 0 Å². The lowest BCUT2D eigenvalue weighted by atomic mass is 9.99. The summed E-state index contributed by atoms with van der Waals surface area (Å²) in [4.78, 5) is 13.0. The van der Waals surface area contributed by atoms with Gasteiger partial charge in [0.05, 0.1) is 25.4 Å². The van der Waals surface area contributed by atoms with Gasteiger partial charge in [0.1, 0.15) is 30.5 Å². The van der Waals surface area contributed by atoms with Crippen molar-refractivity contribution in [1.82, 2.24) is 5.32 Å². The standard InChI is InChI=1S/C40H77NO9/c1-3-5-7-9-11-13-15-16-17-19-20-22-24-26-28-33(43)32(31-49-40-38(47)37(46)36(45)35(30-42)50-40)41-39(48)34(44)29-27-25-23-21-18-14-12-10-8-6-4-2/h12,14,32-38,40,42-47H,3-11,13,15-31H2,1-2H3,(H,41,48)/b14-12-. The van der Waals surface area contributed by atoms with Crippen LogP contribution in [0.15, 0.2) is 12.2 Å². The fourth-order valence-corrected chi connectivity index (χ4v) is 6.51. The van der Waals surface area contributed by atoms with Gasteiger partial charge in [-0.3, -0.25) is 4.79 Å². The van der Waals surface area contributed by atoms with Gasteiger partial charge in [0.2, 0.25) is 5.91 Å². The quantitative estimate of drug-likeness (QED) is 0.0302. The van der Waals surface area contributed by atoms with Crippen molar-refractivity contribution in [2.45, 2.75) is 223 Å². The molecule has 296 valence electrons. The van der Waals surface area contributed by atoms with Gasteiger partial charge in [0.15, 0.2) is 6.29 Å². The van der Waals surface area contributed by atoms with Crippen LogP contribution in [0.25, 0.3) is 0 Å². The summed E-state index contributed by atoms with van der Waals surface area (Å²) in [5, 5.41) is 64.5. The number of hydrogen-bond donors (Lipinski definition) is 7. The van der Waals surface area contributed by atoms with Crippen LogP contribution in [0.1, 0.15) is 174 Å². The third kappa shape index (κ3) is 22.1. The minimum atomic E-state index is -1.59. The average molecular weight is 716 g/mol. The Balaban J connectivity index is 2.47. The predicted octanol–water partition coefficient (Wildman–Crippen LogP) is 6.36. The van der Waals surface area contributed by atoms with E-state index < -0.39 is 61.5 Å². The summed E-state index contributed by atoms with van der Waals surface area (Å²) in [6.45, 7) is 3.61. The first-order valence-corrected chi connectivity index (χ1v) is 20.5. The minimum absolute atomic E-state index is 0.257. The summed E-state index contributed by atoms with van der Waals surface area (Å²) in [6, 6.07) is -0.893. The molecule has 1 heterocycles. The molecule has 0 aromatic rings. The highest BCUT2D eigenvalue weighted by molar-refractivity contribution is 5.80. The van der Waals surface area contributed by atoms with Crippen LogP contribution < -0.4 is 5.32 Å². The molecule has 1 aliphatic heterocycles. The fraction of sp³-hybridized carbons (Fsp3) is 0.925. The minimum Gasteiger partial charge on any atom is -0.394 e. The number of aliphatic hydroxyl groups is 6. The molecule has 1 aliphatic rings. The van der Waals surface area contributed by atoms with E-state index in [4.69, 9.17) is 9.47 Å². The molecule has 7 N–H and O–H groups in total. The van der Waals surface area contributed by atoms with Gasteiger partial charge in [-0.25, -0.2) is 0 Å². The zero-order valence-corrected chi connectivity index (χ0v) is 31.8. The molecule has 0 bridgehead atoms. The number of carbonyl (C=O) groups is 1. The maximum absolute atomic E-state index is 13.0. The Labute approximate surface area is 304 Å². The molecule has 8 unspecified atom stereocenters. The van der Waals surface area contributed by atoms with Crippen LogP contribution in [-0.4, -0.2) is 98.7 Å². The highest BCUT2D eigenvalue weighted by Crippen LogP contribution is 2.23. The molecular weight excluding hydrogens is 638 g/mol. The van der Waals surface area contributed by atoms with Crippen molar-refractivity contribution in [2.24, 2.45) is 0 Å². The number of nitrogens with one attached hydrogen (secondary N) is 1. The Morgan fingerprint density at radius 2 is 1.12 bits per heavy atom. The van der Waals surface area contributed by atoms with Gasteiger partial charge in [-0.2, -0.15) is 0 Å². The normalized spacial score (nSPS) is 22.9. The SMILES string of the molecule is CCCCC/C=C\CCCCCCC(O)C(=O)NC(COC1OC(CO)C(O)C(O)C1O)C(O)CCCCCCCCCCCCCCCC. The lowest BCUT2D eigenvalue weighted by Gasteiger charge is -2.40. The summed E-state index contributed by atoms with van der Waals surface area (Å²) in [7, 11) is 0. The monoisotopic (exact) mass is 716 g/mol. The first-order chi connectivity index (χ1) is 24.3. The van der Waals surface area contributed by atoms with Gasteiger partial charge >= 0.3 is 0 Å². The molecule has 1 fully saturated rings. The molecule has 1 saturated heterocycles. The largest absolute Gasteiger partial charge is 0.394 e. The zero-order valence-electron chi connectivity index (χ0n) is 31.8. The van der Waals surface area contributed by atoms with Crippen molar-refractivity contribution in [2.75, 3.05) is 13.2 Å². The smallest absolute Gasteiger partial charge is 0.249 e. The van der Waals surface area contributed by atoms with Crippen molar-refractivity contribution in [3.8, 4) is 0 Å². The number of allylic oxidation sites excluding steroid dienone is 2. The lowest BCUT2D eigenvalue weighted by Crippen LogP contribution is -2.60. The molecule has 0 aromatic carbocycles. The third-order valence-electron chi connectivity index (χ3n) is 9.98. The van der Waals surface area contributed by atoms with Crippen molar-refractivity contribution in [3.63, 3.8) is 0 Å². The number of hydrogen-bond acceptors (Lipinski definition) is 9. The predicted molar refractivity (Wildman–Crippen MR) is 200 cm³/mol.